The molecule has 1 atom stereocenters. The highest BCUT2D eigenvalue weighted by Crippen LogP contribution is 2.32. The highest BCUT2D eigenvalue weighted by molar-refractivity contribution is 5.93. The molecule has 1 unspecified atom stereocenters. The van der Waals surface area contributed by atoms with Gasteiger partial charge in [-0.15, -0.1) is 0 Å². The molecule has 1 aliphatic heterocycles. The van der Waals surface area contributed by atoms with Crippen LogP contribution in [0.25, 0.3) is 0 Å². The second-order valence-corrected chi connectivity index (χ2v) is 4.62. The Labute approximate surface area is 116 Å². The van der Waals surface area contributed by atoms with E-state index in [1.54, 1.807) is 31.2 Å². The normalized spacial score (nSPS) is 20.8. The molecule has 2 aromatic rings. The Balaban J connectivity index is 1.76. The molecule has 0 spiro atoms. The molecular formula is C16H14O4. The molecule has 0 aromatic heterocycles. The number of hydrogen-bond acceptors (Lipinski definition) is 4. The van der Waals surface area contributed by atoms with Crippen LogP contribution in [0.15, 0.2) is 54.6 Å². The Morgan fingerprint density at radius 3 is 2.50 bits per heavy atom. The van der Waals surface area contributed by atoms with Gasteiger partial charge in [0, 0.05) is 6.92 Å². The van der Waals surface area contributed by atoms with E-state index in [9.17, 15) is 4.79 Å². The average Bonchev–Trinajstić information content (AvgIpc) is 2.46. The predicted molar refractivity (Wildman–Crippen MR) is 72.1 cm³/mol. The maximum atomic E-state index is 11.9. The van der Waals surface area contributed by atoms with Gasteiger partial charge in [-0.25, -0.2) is 4.79 Å². The molecule has 2 aromatic carbocycles. The molecule has 1 heterocycles. The van der Waals surface area contributed by atoms with Crippen molar-refractivity contribution < 1.29 is 19.0 Å². The average molecular weight is 270 g/mol. The Kier molecular flexibility index (Phi) is 3.16. The topological polar surface area (TPSA) is 44.8 Å². The molecule has 102 valence electrons. The zero-order valence-corrected chi connectivity index (χ0v) is 11.0. The fraction of sp³-hybridized carbons (Fsp3) is 0.188. The maximum Gasteiger partial charge on any atom is 0.371 e. The summed E-state index contributed by atoms with van der Waals surface area (Å²) in [5, 5.41) is 0. The summed E-state index contributed by atoms with van der Waals surface area (Å²) in [7, 11) is 0. The molecule has 0 N–H and O–H groups in total. The Bertz CT molecular complexity index is 623. The van der Waals surface area contributed by atoms with Crippen LogP contribution in [-0.4, -0.2) is 11.9 Å². The van der Waals surface area contributed by atoms with Gasteiger partial charge in [-0.2, -0.15) is 0 Å². The van der Waals surface area contributed by atoms with Gasteiger partial charge in [-0.05, 0) is 17.7 Å². The lowest BCUT2D eigenvalue weighted by molar-refractivity contribution is -0.314. The van der Waals surface area contributed by atoms with Crippen molar-refractivity contribution in [2.45, 2.75) is 19.5 Å². The molecular weight excluding hydrogens is 256 g/mol. The summed E-state index contributed by atoms with van der Waals surface area (Å²) >= 11 is 0. The van der Waals surface area contributed by atoms with Crippen LogP contribution in [0.1, 0.15) is 22.8 Å². The van der Waals surface area contributed by atoms with Crippen molar-refractivity contribution in [3.63, 3.8) is 0 Å². The van der Waals surface area contributed by atoms with Gasteiger partial charge < -0.3 is 14.2 Å². The Morgan fingerprint density at radius 1 is 1.00 bits per heavy atom. The van der Waals surface area contributed by atoms with Crippen molar-refractivity contribution >= 4 is 5.97 Å². The summed E-state index contributed by atoms with van der Waals surface area (Å²) in [6.07, 6.45) is 0. The first kappa shape index (κ1) is 12.7. The molecule has 4 nitrogen and oxygen atoms in total. The van der Waals surface area contributed by atoms with Crippen LogP contribution in [0.2, 0.25) is 0 Å². The minimum Gasteiger partial charge on any atom is -0.429 e. The van der Waals surface area contributed by atoms with Gasteiger partial charge in [0.25, 0.3) is 0 Å². The van der Waals surface area contributed by atoms with E-state index in [4.69, 9.17) is 14.2 Å². The van der Waals surface area contributed by atoms with Crippen molar-refractivity contribution in [2.24, 2.45) is 0 Å². The van der Waals surface area contributed by atoms with E-state index in [0.29, 0.717) is 17.9 Å². The fourth-order valence-electron chi connectivity index (χ4n) is 2.02. The summed E-state index contributed by atoms with van der Waals surface area (Å²) in [4.78, 5) is 11.9. The molecule has 0 aliphatic carbocycles. The number of rotatable bonds is 3. The summed E-state index contributed by atoms with van der Waals surface area (Å²) in [6, 6.07) is 16.6. The first-order valence-electron chi connectivity index (χ1n) is 6.36. The minimum atomic E-state index is -1.40. The monoisotopic (exact) mass is 270 g/mol. The molecule has 0 amide bonds. The highest BCUT2D eigenvalue weighted by atomic mass is 16.9. The van der Waals surface area contributed by atoms with Crippen LogP contribution in [0.3, 0.4) is 0 Å². The number of ether oxygens (including phenoxy) is 3. The number of esters is 1. The lowest BCUT2D eigenvalue weighted by atomic mass is 10.2. The summed E-state index contributed by atoms with van der Waals surface area (Å²) in [5.41, 5.74) is 1.39. The first-order chi connectivity index (χ1) is 9.66. The standard InChI is InChI=1S/C16H14O4/c1-16(18-11-12-7-3-2-4-8-12)19-14-10-6-5-9-13(14)15(17)20-16/h2-10H,11H2,1H3. The number of para-hydroxylation sites is 1. The second kappa shape index (κ2) is 4.98. The van der Waals surface area contributed by atoms with Crippen LogP contribution < -0.4 is 4.74 Å². The number of carbonyl (C=O) groups excluding carboxylic acids is 1. The van der Waals surface area contributed by atoms with Gasteiger partial charge in [-0.1, -0.05) is 42.5 Å². The molecule has 20 heavy (non-hydrogen) atoms. The lowest BCUT2D eigenvalue weighted by Crippen LogP contribution is -2.44. The highest BCUT2D eigenvalue weighted by Gasteiger charge is 2.39. The molecule has 0 bridgehead atoms. The Hall–Kier alpha value is -2.33. The molecule has 3 rings (SSSR count). The van der Waals surface area contributed by atoms with Crippen molar-refractivity contribution in [3.05, 3.63) is 65.7 Å². The number of cyclic esters (lactones) is 1. The van der Waals surface area contributed by atoms with Gasteiger partial charge >= 0.3 is 11.9 Å². The van der Waals surface area contributed by atoms with Crippen LogP contribution >= 0.6 is 0 Å². The van der Waals surface area contributed by atoms with E-state index in [2.05, 4.69) is 0 Å². The molecule has 0 radical (unpaired) electrons. The molecule has 4 heteroatoms. The van der Waals surface area contributed by atoms with Crippen LogP contribution in [0.4, 0.5) is 0 Å². The van der Waals surface area contributed by atoms with E-state index in [1.807, 2.05) is 30.3 Å². The van der Waals surface area contributed by atoms with Gasteiger partial charge in [0.05, 0.1) is 6.61 Å². The molecule has 1 aliphatic rings. The maximum absolute atomic E-state index is 11.9. The third-order valence-corrected chi connectivity index (χ3v) is 3.02. The smallest absolute Gasteiger partial charge is 0.371 e. The summed E-state index contributed by atoms with van der Waals surface area (Å²) < 4.78 is 16.5. The quantitative estimate of drug-likeness (QED) is 0.804. The van der Waals surface area contributed by atoms with Crippen molar-refractivity contribution in [1.82, 2.24) is 0 Å². The van der Waals surface area contributed by atoms with E-state index in [-0.39, 0.29) is 0 Å². The van der Waals surface area contributed by atoms with Gasteiger partial charge in [0.2, 0.25) is 0 Å². The summed E-state index contributed by atoms with van der Waals surface area (Å²) in [5.74, 6) is -1.37. The van der Waals surface area contributed by atoms with E-state index < -0.39 is 11.9 Å². The van der Waals surface area contributed by atoms with Crippen molar-refractivity contribution in [2.75, 3.05) is 0 Å². The van der Waals surface area contributed by atoms with Gasteiger partial charge in [0.15, 0.2) is 0 Å². The van der Waals surface area contributed by atoms with Crippen LogP contribution in [0, 0.1) is 0 Å². The van der Waals surface area contributed by atoms with Crippen molar-refractivity contribution in [1.29, 1.82) is 0 Å². The third-order valence-electron chi connectivity index (χ3n) is 3.02. The van der Waals surface area contributed by atoms with Crippen molar-refractivity contribution in [3.8, 4) is 5.75 Å². The zero-order valence-electron chi connectivity index (χ0n) is 11.0. The van der Waals surface area contributed by atoms with E-state index in [1.165, 1.54) is 0 Å². The van der Waals surface area contributed by atoms with Crippen LogP contribution in [0.5, 0.6) is 5.75 Å². The first-order valence-corrected chi connectivity index (χ1v) is 6.36. The number of hydrogen-bond donors (Lipinski definition) is 0. The van der Waals surface area contributed by atoms with E-state index >= 15 is 0 Å². The third kappa shape index (κ3) is 2.51. The lowest BCUT2D eigenvalue weighted by Gasteiger charge is -2.33. The molecule has 0 fully saturated rings. The predicted octanol–water partition coefficient (Wildman–Crippen LogP) is 3.13. The number of carbonyl (C=O) groups is 1. The van der Waals surface area contributed by atoms with Gasteiger partial charge in [0.1, 0.15) is 11.3 Å². The minimum absolute atomic E-state index is 0.298. The second-order valence-electron chi connectivity index (χ2n) is 4.62. The van der Waals surface area contributed by atoms with Gasteiger partial charge in [-0.3, -0.25) is 0 Å². The SMILES string of the molecule is CC1(OCc2ccccc2)OC(=O)c2ccccc2O1. The largest absolute Gasteiger partial charge is 0.429 e. The molecule has 0 saturated carbocycles. The Morgan fingerprint density at radius 2 is 1.70 bits per heavy atom. The fourth-order valence-corrected chi connectivity index (χ4v) is 2.02. The zero-order chi connectivity index (χ0) is 14.0. The molecule has 0 saturated heterocycles. The number of benzene rings is 2. The van der Waals surface area contributed by atoms with Crippen LogP contribution in [-0.2, 0) is 16.1 Å². The van der Waals surface area contributed by atoms with E-state index in [0.717, 1.165) is 5.56 Å². The summed E-state index contributed by atoms with van der Waals surface area (Å²) in [6.45, 7) is 1.89. The number of fused-ring (bicyclic) bond motifs is 1.